The van der Waals surface area contributed by atoms with Gasteiger partial charge in [0, 0.05) is 9.92 Å². The maximum atomic E-state index is 12.5. The fraction of sp³-hybridized carbons (Fsp3) is 0.143. The van der Waals surface area contributed by atoms with Crippen LogP contribution in [0.4, 0.5) is 5.69 Å². The number of halogens is 1. The van der Waals surface area contributed by atoms with E-state index in [2.05, 4.69) is 4.72 Å². The summed E-state index contributed by atoms with van der Waals surface area (Å²) in [4.78, 5) is 0.843. The smallest absolute Gasteiger partial charge is 0.265 e. The topological polar surface area (TPSA) is 55.4 Å². The van der Waals surface area contributed by atoms with E-state index in [9.17, 15) is 8.42 Å². The van der Waals surface area contributed by atoms with Crippen molar-refractivity contribution in [2.75, 3.05) is 18.1 Å². The van der Waals surface area contributed by atoms with Gasteiger partial charge in [0.05, 0.1) is 12.8 Å². The lowest BCUT2D eigenvalue weighted by Crippen LogP contribution is -2.14. The van der Waals surface area contributed by atoms with Crippen molar-refractivity contribution >= 4 is 39.1 Å². The van der Waals surface area contributed by atoms with Gasteiger partial charge in [0.15, 0.2) is 0 Å². The number of methoxy groups -OCH3 is 1. The molecule has 7 heteroatoms. The highest BCUT2D eigenvalue weighted by Gasteiger charge is 2.21. The zero-order valence-corrected chi connectivity index (χ0v) is 13.8. The van der Waals surface area contributed by atoms with Gasteiger partial charge in [-0.15, -0.1) is 11.8 Å². The Labute approximate surface area is 133 Å². The number of hydrogen-bond acceptors (Lipinski definition) is 4. The Morgan fingerprint density at radius 2 is 1.90 bits per heavy atom. The lowest BCUT2D eigenvalue weighted by atomic mass is 10.3. The second-order valence-corrected chi connectivity index (χ2v) is 7.04. The van der Waals surface area contributed by atoms with E-state index in [1.165, 1.54) is 31.0 Å². The fourth-order valence-electron chi connectivity index (χ4n) is 1.79. The first-order chi connectivity index (χ1) is 9.97. The Hall–Kier alpha value is -1.37. The first-order valence-corrected chi connectivity index (χ1v) is 9.06. The standard InChI is InChI=1S/C14H14ClNO3S2/c1-19-12-8-7-10(15)9-14(12)21(17,18)16-11-5-3-4-6-13(11)20-2/h3-9,16H,1-2H3. The lowest BCUT2D eigenvalue weighted by molar-refractivity contribution is 0.403. The van der Waals surface area contributed by atoms with E-state index in [1.807, 2.05) is 18.4 Å². The van der Waals surface area contributed by atoms with Crippen LogP contribution in [0.3, 0.4) is 0 Å². The van der Waals surface area contributed by atoms with Gasteiger partial charge < -0.3 is 4.74 Å². The Kier molecular flexibility index (Phi) is 5.03. The number of sulfonamides is 1. The molecule has 4 nitrogen and oxygen atoms in total. The van der Waals surface area contributed by atoms with E-state index in [-0.39, 0.29) is 10.6 Å². The van der Waals surface area contributed by atoms with E-state index in [0.29, 0.717) is 10.7 Å². The molecule has 0 bridgehead atoms. The van der Waals surface area contributed by atoms with Crippen LogP contribution in [0.25, 0.3) is 0 Å². The molecular weight excluding hydrogens is 330 g/mol. The van der Waals surface area contributed by atoms with Gasteiger partial charge in [-0.05, 0) is 36.6 Å². The first-order valence-electron chi connectivity index (χ1n) is 5.97. The summed E-state index contributed by atoms with van der Waals surface area (Å²) in [6.45, 7) is 0. The Morgan fingerprint density at radius 1 is 1.19 bits per heavy atom. The second kappa shape index (κ2) is 6.60. The zero-order valence-electron chi connectivity index (χ0n) is 11.5. The van der Waals surface area contributed by atoms with Crippen molar-refractivity contribution < 1.29 is 13.2 Å². The van der Waals surface area contributed by atoms with Crippen molar-refractivity contribution in [3.05, 3.63) is 47.5 Å². The zero-order chi connectivity index (χ0) is 15.5. The molecule has 0 saturated heterocycles. The number of rotatable bonds is 5. The van der Waals surface area contributed by atoms with Crippen LogP contribution >= 0.6 is 23.4 Å². The number of ether oxygens (including phenoxy) is 1. The van der Waals surface area contributed by atoms with Crippen LogP contribution in [0, 0.1) is 0 Å². The molecule has 0 radical (unpaired) electrons. The Morgan fingerprint density at radius 3 is 2.57 bits per heavy atom. The van der Waals surface area contributed by atoms with Crippen LogP contribution in [0.15, 0.2) is 52.3 Å². The number of hydrogen-bond donors (Lipinski definition) is 1. The van der Waals surface area contributed by atoms with E-state index < -0.39 is 10.0 Å². The molecule has 0 atom stereocenters. The van der Waals surface area contributed by atoms with E-state index in [1.54, 1.807) is 18.2 Å². The SMILES string of the molecule is COc1ccc(Cl)cc1S(=O)(=O)Nc1ccccc1SC. The quantitative estimate of drug-likeness (QED) is 0.837. The molecular formula is C14H14ClNO3S2. The van der Waals surface area contributed by atoms with Crippen LogP contribution in [0.5, 0.6) is 5.75 Å². The van der Waals surface area contributed by atoms with Gasteiger partial charge in [-0.3, -0.25) is 4.72 Å². The molecule has 112 valence electrons. The number of thioether (sulfide) groups is 1. The minimum absolute atomic E-state index is 0.00778. The van der Waals surface area contributed by atoms with E-state index in [0.717, 1.165) is 4.90 Å². The molecule has 0 aliphatic rings. The summed E-state index contributed by atoms with van der Waals surface area (Å²) in [5.74, 6) is 0.244. The summed E-state index contributed by atoms with van der Waals surface area (Å²) in [6.07, 6.45) is 1.88. The molecule has 0 unspecified atom stereocenters. The highest BCUT2D eigenvalue weighted by Crippen LogP contribution is 2.31. The van der Waals surface area contributed by atoms with Crippen molar-refractivity contribution in [3.8, 4) is 5.75 Å². The summed E-state index contributed by atoms with van der Waals surface area (Å²) < 4.78 is 32.8. The van der Waals surface area contributed by atoms with Crippen LogP contribution in [0.2, 0.25) is 5.02 Å². The first kappa shape index (κ1) is 16.0. The molecule has 0 aliphatic heterocycles. The van der Waals surface area contributed by atoms with Crippen molar-refractivity contribution in [1.29, 1.82) is 0 Å². The van der Waals surface area contributed by atoms with Gasteiger partial charge in [0.1, 0.15) is 10.6 Å². The molecule has 0 amide bonds. The third-order valence-corrected chi connectivity index (χ3v) is 5.18. The minimum Gasteiger partial charge on any atom is -0.495 e. The maximum Gasteiger partial charge on any atom is 0.265 e. The van der Waals surface area contributed by atoms with Crippen molar-refractivity contribution in [2.45, 2.75) is 9.79 Å². The molecule has 0 fully saturated rings. The Balaban J connectivity index is 2.46. The molecule has 2 aromatic rings. The summed E-state index contributed by atoms with van der Waals surface area (Å²) in [5.41, 5.74) is 0.520. The second-order valence-electron chi connectivity index (χ2n) is 4.10. The summed E-state index contributed by atoms with van der Waals surface area (Å²) >= 11 is 7.35. The molecule has 0 saturated carbocycles. The van der Waals surface area contributed by atoms with Gasteiger partial charge in [0.2, 0.25) is 0 Å². The van der Waals surface area contributed by atoms with Gasteiger partial charge in [0.25, 0.3) is 10.0 Å². The fourth-order valence-corrected chi connectivity index (χ4v) is 3.92. The van der Waals surface area contributed by atoms with Crippen LogP contribution in [0.1, 0.15) is 0 Å². The van der Waals surface area contributed by atoms with Gasteiger partial charge in [-0.25, -0.2) is 8.42 Å². The third kappa shape index (κ3) is 3.64. The molecule has 0 spiro atoms. The largest absolute Gasteiger partial charge is 0.495 e. The summed E-state index contributed by atoms with van der Waals surface area (Å²) in [6, 6.07) is 11.6. The highest BCUT2D eigenvalue weighted by atomic mass is 35.5. The normalized spacial score (nSPS) is 11.2. The number of nitrogens with one attached hydrogen (secondary N) is 1. The molecule has 2 aromatic carbocycles. The third-order valence-electron chi connectivity index (χ3n) is 2.77. The Bertz CT molecular complexity index is 748. The molecule has 0 aromatic heterocycles. The lowest BCUT2D eigenvalue weighted by Gasteiger charge is -2.13. The average Bonchev–Trinajstić information content (AvgIpc) is 2.47. The molecule has 0 heterocycles. The van der Waals surface area contributed by atoms with Gasteiger partial charge in [-0.1, -0.05) is 23.7 Å². The molecule has 21 heavy (non-hydrogen) atoms. The van der Waals surface area contributed by atoms with E-state index >= 15 is 0 Å². The highest BCUT2D eigenvalue weighted by molar-refractivity contribution is 7.99. The number of benzene rings is 2. The van der Waals surface area contributed by atoms with E-state index in [4.69, 9.17) is 16.3 Å². The molecule has 1 N–H and O–H groups in total. The van der Waals surface area contributed by atoms with Crippen molar-refractivity contribution in [1.82, 2.24) is 0 Å². The predicted molar refractivity (Wildman–Crippen MR) is 87.0 cm³/mol. The number of anilines is 1. The number of para-hydroxylation sites is 1. The van der Waals surface area contributed by atoms with Gasteiger partial charge >= 0.3 is 0 Å². The van der Waals surface area contributed by atoms with Crippen LogP contribution in [-0.2, 0) is 10.0 Å². The predicted octanol–water partition coefficient (Wildman–Crippen LogP) is 3.87. The summed E-state index contributed by atoms with van der Waals surface area (Å²) in [5, 5.41) is 0.328. The molecule has 2 rings (SSSR count). The average molecular weight is 344 g/mol. The van der Waals surface area contributed by atoms with Gasteiger partial charge in [-0.2, -0.15) is 0 Å². The minimum atomic E-state index is -3.78. The summed E-state index contributed by atoms with van der Waals surface area (Å²) in [7, 11) is -2.37. The monoisotopic (exact) mass is 343 g/mol. The van der Waals surface area contributed by atoms with Crippen LogP contribution in [-0.4, -0.2) is 21.8 Å². The molecule has 0 aliphatic carbocycles. The van der Waals surface area contributed by atoms with Crippen molar-refractivity contribution in [2.24, 2.45) is 0 Å². The van der Waals surface area contributed by atoms with Crippen LogP contribution < -0.4 is 9.46 Å². The maximum absolute atomic E-state index is 12.5. The van der Waals surface area contributed by atoms with Crippen molar-refractivity contribution in [3.63, 3.8) is 0 Å².